The molecule has 17 heavy (non-hydrogen) atoms. The van der Waals surface area contributed by atoms with E-state index in [1.54, 1.807) is 12.5 Å². The average Bonchev–Trinajstić information content (AvgIpc) is 2.81. The molecule has 2 aromatic heterocycles. The number of aromatic nitrogens is 1. The van der Waals surface area contributed by atoms with Crippen molar-refractivity contribution in [3.63, 3.8) is 0 Å². The maximum Gasteiger partial charge on any atom is 0.194 e. The molecule has 0 fully saturated rings. The minimum Gasteiger partial charge on any atom is -0.467 e. The van der Waals surface area contributed by atoms with Gasteiger partial charge in [0, 0.05) is 6.20 Å². The Labute approximate surface area is 105 Å². The van der Waals surface area contributed by atoms with Gasteiger partial charge in [-0.3, -0.25) is 0 Å². The summed E-state index contributed by atoms with van der Waals surface area (Å²) in [6.07, 6.45) is 3.29. The molecule has 0 aliphatic heterocycles. The molecular weight excluding hydrogens is 240 g/mol. The molecule has 0 atom stereocenters. The number of nitrogens with two attached hydrogens (primary N) is 1. The molecule has 0 radical (unpaired) electrons. The van der Waals surface area contributed by atoms with Crippen molar-refractivity contribution >= 4 is 24.2 Å². The molecule has 0 spiro atoms. The van der Waals surface area contributed by atoms with Gasteiger partial charge in [0.2, 0.25) is 0 Å². The molecule has 0 amide bonds. The average molecular weight is 253 g/mol. The van der Waals surface area contributed by atoms with Crippen LogP contribution in [0.4, 0.5) is 5.82 Å². The third kappa shape index (κ3) is 4.16. The van der Waals surface area contributed by atoms with E-state index in [9.17, 15) is 0 Å². The molecule has 5 nitrogen and oxygen atoms in total. The monoisotopic (exact) mass is 252 g/mol. The van der Waals surface area contributed by atoms with Crippen molar-refractivity contribution in [3.05, 3.63) is 48.6 Å². The van der Waals surface area contributed by atoms with E-state index in [-0.39, 0.29) is 12.4 Å². The predicted molar refractivity (Wildman–Crippen MR) is 69.1 cm³/mol. The maximum atomic E-state index is 5.68. The number of rotatable bonds is 3. The Hall–Kier alpha value is -2.01. The highest BCUT2D eigenvalue weighted by molar-refractivity contribution is 5.91. The van der Waals surface area contributed by atoms with Gasteiger partial charge in [0.15, 0.2) is 5.96 Å². The van der Waals surface area contributed by atoms with Gasteiger partial charge in [0.25, 0.3) is 0 Å². The van der Waals surface area contributed by atoms with Crippen LogP contribution in [0.3, 0.4) is 0 Å². The smallest absolute Gasteiger partial charge is 0.194 e. The molecule has 0 saturated heterocycles. The third-order valence-electron chi connectivity index (χ3n) is 1.91. The molecule has 2 heterocycles. The fourth-order valence-corrected chi connectivity index (χ4v) is 1.17. The largest absolute Gasteiger partial charge is 0.467 e. The zero-order chi connectivity index (χ0) is 11.2. The molecule has 0 bridgehead atoms. The number of hydrogen-bond acceptors (Lipinski definition) is 3. The van der Waals surface area contributed by atoms with Gasteiger partial charge in [-0.05, 0) is 24.3 Å². The van der Waals surface area contributed by atoms with Gasteiger partial charge in [-0.25, -0.2) is 9.98 Å². The molecule has 0 aliphatic carbocycles. The summed E-state index contributed by atoms with van der Waals surface area (Å²) in [4.78, 5) is 8.18. The van der Waals surface area contributed by atoms with Crippen molar-refractivity contribution in [2.45, 2.75) is 6.54 Å². The van der Waals surface area contributed by atoms with E-state index in [0.29, 0.717) is 18.3 Å². The number of hydrogen-bond donors (Lipinski definition) is 2. The van der Waals surface area contributed by atoms with Crippen molar-refractivity contribution in [2.24, 2.45) is 10.7 Å². The summed E-state index contributed by atoms with van der Waals surface area (Å²) in [6, 6.07) is 9.18. The van der Waals surface area contributed by atoms with Crippen LogP contribution in [0.15, 0.2) is 52.2 Å². The SMILES string of the molecule is Cl.NC(=NCc1ccco1)Nc1ccccn1. The molecule has 0 aromatic carbocycles. The minimum absolute atomic E-state index is 0. The van der Waals surface area contributed by atoms with E-state index in [2.05, 4.69) is 15.3 Å². The zero-order valence-corrected chi connectivity index (χ0v) is 9.85. The summed E-state index contributed by atoms with van der Waals surface area (Å²) in [5.74, 6) is 1.75. The van der Waals surface area contributed by atoms with Crippen LogP contribution in [0.2, 0.25) is 0 Å². The van der Waals surface area contributed by atoms with Crippen LogP contribution in [-0.2, 0) is 6.54 Å². The quantitative estimate of drug-likeness (QED) is 0.647. The lowest BCUT2D eigenvalue weighted by Gasteiger charge is -2.02. The van der Waals surface area contributed by atoms with Crippen LogP contribution in [0.1, 0.15) is 5.76 Å². The van der Waals surface area contributed by atoms with E-state index in [1.165, 1.54) is 0 Å². The van der Waals surface area contributed by atoms with Gasteiger partial charge in [0.1, 0.15) is 18.1 Å². The second-order valence-electron chi connectivity index (χ2n) is 3.12. The number of pyridine rings is 1. The Balaban J connectivity index is 0.00000144. The summed E-state index contributed by atoms with van der Waals surface area (Å²) in [5.41, 5.74) is 5.68. The Morgan fingerprint density at radius 2 is 2.24 bits per heavy atom. The summed E-state index contributed by atoms with van der Waals surface area (Å²) in [5, 5.41) is 2.88. The van der Waals surface area contributed by atoms with Crippen molar-refractivity contribution in [1.29, 1.82) is 0 Å². The van der Waals surface area contributed by atoms with Gasteiger partial charge in [-0.2, -0.15) is 0 Å². The van der Waals surface area contributed by atoms with Crippen LogP contribution in [0.5, 0.6) is 0 Å². The molecule has 0 aliphatic rings. The van der Waals surface area contributed by atoms with Crippen LogP contribution >= 0.6 is 12.4 Å². The number of nitrogens with zero attached hydrogens (tertiary/aromatic N) is 2. The summed E-state index contributed by atoms with van der Waals surface area (Å²) in [6.45, 7) is 0.415. The van der Waals surface area contributed by atoms with Gasteiger partial charge in [-0.15, -0.1) is 12.4 Å². The van der Waals surface area contributed by atoms with Crippen LogP contribution in [0.25, 0.3) is 0 Å². The van der Waals surface area contributed by atoms with Crippen molar-refractivity contribution < 1.29 is 4.42 Å². The number of furan rings is 1. The molecule has 6 heteroatoms. The maximum absolute atomic E-state index is 5.68. The fraction of sp³-hybridized carbons (Fsp3) is 0.0909. The van der Waals surface area contributed by atoms with Gasteiger partial charge in [0.05, 0.1) is 6.26 Å². The highest BCUT2D eigenvalue weighted by Crippen LogP contribution is 2.02. The first kappa shape index (κ1) is 13.1. The van der Waals surface area contributed by atoms with E-state index in [0.717, 1.165) is 5.76 Å². The Bertz CT molecular complexity index is 456. The molecule has 0 unspecified atom stereocenters. The molecule has 3 N–H and O–H groups in total. The van der Waals surface area contributed by atoms with Gasteiger partial charge in [-0.1, -0.05) is 6.07 Å². The lowest BCUT2D eigenvalue weighted by atomic mass is 10.4. The Morgan fingerprint density at radius 1 is 1.35 bits per heavy atom. The number of anilines is 1. The van der Waals surface area contributed by atoms with Gasteiger partial charge < -0.3 is 15.5 Å². The predicted octanol–water partition coefficient (Wildman–Crippen LogP) is 2.02. The molecule has 90 valence electrons. The standard InChI is InChI=1S/C11H12N4O.ClH/c12-11(14-8-9-4-3-7-16-9)15-10-5-1-2-6-13-10;/h1-7H,8H2,(H3,12,13,14,15);1H. The van der Waals surface area contributed by atoms with Crippen molar-refractivity contribution in [1.82, 2.24) is 4.98 Å². The fourth-order valence-electron chi connectivity index (χ4n) is 1.17. The number of nitrogens with one attached hydrogen (secondary N) is 1. The molecule has 2 aromatic rings. The topological polar surface area (TPSA) is 76.4 Å². The van der Waals surface area contributed by atoms with Crippen LogP contribution in [0, 0.1) is 0 Å². The summed E-state index contributed by atoms with van der Waals surface area (Å²) < 4.78 is 5.13. The minimum atomic E-state index is 0. The van der Waals surface area contributed by atoms with Gasteiger partial charge >= 0.3 is 0 Å². The van der Waals surface area contributed by atoms with Crippen LogP contribution in [-0.4, -0.2) is 10.9 Å². The summed E-state index contributed by atoms with van der Waals surface area (Å²) in [7, 11) is 0. The van der Waals surface area contributed by atoms with Crippen molar-refractivity contribution in [2.75, 3.05) is 5.32 Å². The highest BCUT2D eigenvalue weighted by atomic mass is 35.5. The van der Waals surface area contributed by atoms with E-state index >= 15 is 0 Å². The lowest BCUT2D eigenvalue weighted by molar-refractivity contribution is 0.513. The van der Waals surface area contributed by atoms with E-state index in [4.69, 9.17) is 10.2 Å². The number of aliphatic imine (C=N–C) groups is 1. The van der Waals surface area contributed by atoms with E-state index in [1.807, 2.05) is 30.3 Å². The third-order valence-corrected chi connectivity index (χ3v) is 1.91. The number of halogens is 1. The highest BCUT2D eigenvalue weighted by Gasteiger charge is 1.96. The zero-order valence-electron chi connectivity index (χ0n) is 9.04. The summed E-state index contributed by atoms with van der Waals surface area (Å²) >= 11 is 0. The van der Waals surface area contributed by atoms with E-state index < -0.39 is 0 Å². The first-order valence-corrected chi connectivity index (χ1v) is 4.85. The van der Waals surface area contributed by atoms with Crippen LogP contribution < -0.4 is 11.1 Å². The normalized spacial score (nSPS) is 10.7. The van der Waals surface area contributed by atoms with Crippen molar-refractivity contribution in [3.8, 4) is 0 Å². The lowest BCUT2D eigenvalue weighted by Crippen LogP contribution is -2.23. The first-order chi connectivity index (χ1) is 7.84. The Kier molecular flexibility index (Phi) is 5.03. The second kappa shape index (κ2) is 6.55. The number of guanidine groups is 1. The first-order valence-electron chi connectivity index (χ1n) is 4.85. The molecule has 2 rings (SSSR count). The molecular formula is C11H13ClN4O. The Morgan fingerprint density at radius 3 is 2.88 bits per heavy atom. The molecule has 0 saturated carbocycles. The second-order valence-corrected chi connectivity index (χ2v) is 3.12.